The molecule has 3 aromatic heterocycles. The summed E-state index contributed by atoms with van der Waals surface area (Å²) in [7, 11) is -3.49. The number of halogens is 1. The van der Waals surface area contributed by atoms with E-state index in [1.54, 1.807) is 34.9 Å². The highest BCUT2D eigenvalue weighted by Crippen LogP contribution is 2.17. The van der Waals surface area contributed by atoms with Crippen LogP contribution in [0, 0.1) is 6.92 Å². The van der Waals surface area contributed by atoms with E-state index >= 15 is 0 Å². The van der Waals surface area contributed by atoms with Crippen molar-refractivity contribution in [1.29, 1.82) is 0 Å². The summed E-state index contributed by atoms with van der Waals surface area (Å²) >= 11 is 0. The van der Waals surface area contributed by atoms with Crippen LogP contribution in [0.4, 0.5) is 0 Å². The van der Waals surface area contributed by atoms with E-state index in [1.807, 2.05) is 29.5 Å². The number of hydrogen-bond donors (Lipinski definition) is 1. The number of pyridine rings is 1. The van der Waals surface area contributed by atoms with Crippen molar-refractivity contribution in [3.63, 3.8) is 0 Å². The first-order valence-electron chi connectivity index (χ1n) is 8.84. The van der Waals surface area contributed by atoms with Crippen molar-refractivity contribution in [2.75, 3.05) is 6.54 Å². The fourth-order valence-corrected chi connectivity index (χ4v) is 4.48. The Labute approximate surface area is 168 Å². The fraction of sp³-hybridized carbons (Fsp3) is 0.263. The molecule has 0 radical (unpaired) electrons. The van der Waals surface area contributed by atoms with Crippen molar-refractivity contribution in [3.8, 4) is 0 Å². The van der Waals surface area contributed by atoms with E-state index in [0.29, 0.717) is 31.4 Å². The van der Waals surface area contributed by atoms with Gasteiger partial charge >= 0.3 is 0 Å². The van der Waals surface area contributed by atoms with Gasteiger partial charge in [-0.1, -0.05) is 24.3 Å². The number of aromatic nitrogens is 3. The topological polar surface area (TPSA) is 85.5 Å². The lowest BCUT2D eigenvalue weighted by Crippen LogP contribution is -2.25. The minimum absolute atomic E-state index is 0. The average molecular weight is 421 g/mol. The van der Waals surface area contributed by atoms with Crippen LogP contribution in [0.1, 0.15) is 18.5 Å². The van der Waals surface area contributed by atoms with E-state index in [4.69, 9.17) is 0 Å². The van der Waals surface area contributed by atoms with Crippen molar-refractivity contribution >= 4 is 39.2 Å². The highest BCUT2D eigenvalue weighted by molar-refractivity contribution is 7.89. The van der Waals surface area contributed by atoms with Crippen molar-refractivity contribution < 1.29 is 8.42 Å². The molecule has 148 valence electrons. The van der Waals surface area contributed by atoms with Gasteiger partial charge in [0.05, 0.1) is 10.6 Å². The number of benzene rings is 1. The molecule has 4 aromatic rings. The smallest absolute Gasteiger partial charge is 0.278 e. The first-order chi connectivity index (χ1) is 13.0. The molecule has 4 rings (SSSR count). The number of nitrogens with one attached hydrogen (secondary N) is 1. The number of nitrogens with zero attached hydrogens (tertiary/aromatic N) is 3. The normalized spacial score (nSPS) is 11.9. The molecule has 0 aliphatic carbocycles. The van der Waals surface area contributed by atoms with Crippen molar-refractivity contribution in [1.82, 2.24) is 18.7 Å². The maximum absolute atomic E-state index is 12.7. The number of sulfonamides is 1. The molecule has 9 heteroatoms. The summed E-state index contributed by atoms with van der Waals surface area (Å²) in [5, 5.41) is 0. The van der Waals surface area contributed by atoms with Crippen LogP contribution in [0.5, 0.6) is 0 Å². The number of rotatable bonds is 7. The SMILES string of the molecule is Cc1nc2cccc3n(CCCCNS(=O)(=O)c4ccccc4)c(=O)c1n23.Cl. The third kappa shape index (κ3) is 3.50. The van der Waals surface area contributed by atoms with Gasteiger partial charge in [-0.2, -0.15) is 0 Å². The highest BCUT2D eigenvalue weighted by atomic mass is 35.5. The molecule has 28 heavy (non-hydrogen) atoms. The maximum atomic E-state index is 12.7. The Bertz CT molecular complexity index is 1250. The second kappa shape index (κ2) is 7.90. The molecule has 0 fully saturated rings. The van der Waals surface area contributed by atoms with Gasteiger partial charge in [0.25, 0.3) is 5.56 Å². The van der Waals surface area contributed by atoms with Crippen molar-refractivity contribution in [3.05, 3.63) is 64.6 Å². The van der Waals surface area contributed by atoms with Crippen molar-refractivity contribution in [2.45, 2.75) is 31.2 Å². The first-order valence-corrected chi connectivity index (χ1v) is 10.3. The molecule has 1 aromatic carbocycles. The van der Waals surface area contributed by atoms with E-state index < -0.39 is 10.0 Å². The van der Waals surface area contributed by atoms with Crippen LogP contribution in [0.25, 0.3) is 16.8 Å². The second-order valence-electron chi connectivity index (χ2n) is 6.50. The summed E-state index contributed by atoms with van der Waals surface area (Å²) in [5.41, 5.74) is 2.88. The zero-order chi connectivity index (χ0) is 19.0. The van der Waals surface area contributed by atoms with Crippen LogP contribution in [0.15, 0.2) is 58.2 Å². The van der Waals surface area contributed by atoms with Crippen LogP contribution >= 0.6 is 12.4 Å². The van der Waals surface area contributed by atoms with Gasteiger partial charge in [0.15, 0.2) is 0 Å². The number of aryl methyl sites for hydroxylation is 2. The summed E-state index contributed by atoms with van der Waals surface area (Å²) in [6.45, 7) is 2.70. The minimum atomic E-state index is -3.49. The van der Waals surface area contributed by atoms with Crippen molar-refractivity contribution in [2.24, 2.45) is 0 Å². The largest absolute Gasteiger partial charge is 0.292 e. The van der Waals surface area contributed by atoms with Gasteiger partial charge < -0.3 is 0 Å². The Morgan fingerprint density at radius 1 is 1.04 bits per heavy atom. The predicted octanol–water partition coefficient (Wildman–Crippen LogP) is 2.58. The molecule has 0 saturated heterocycles. The van der Waals surface area contributed by atoms with Crippen LogP contribution < -0.4 is 10.3 Å². The van der Waals surface area contributed by atoms with Gasteiger partial charge in [-0.3, -0.25) is 13.8 Å². The average Bonchev–Trinajstić information content (AvgIpc) is 3.15. The minimum Gasteiger partial charge on any atom is -0.292 e. The quantitative estimate of drug-likeness (QED) is 0.465. The monoisotopic (exact) mass is 420 g/mol. The Hall–Kier alpha value is -2.42. The molecule has 0 amide bonds. The summed E-state index contributed by atoms with van der Waals surface area (Å²) in [4.78, 5) is 17.4. The van der Waals surface area contributed by atoms with Gasteiger partial charge in [-0.05, 0) is 44.0 Å². The van der Waals surface area contributed by atoms with Crippen LogP contribution in [-0.2, 0) is 16.6 Å². The van der Waals surface area contributed by atoms with E-state index in [0.717, 1.165) is 17.0 Å². The zero-order valence-electron chi connectivity index (χ0n) is 15.3. The standard InChI is InChI=1S/C19H20N4O3S.ClH/c1-14-18-19(24)22(17-11-7-10-16(21-14)23(17)18)13-6-5-12-20-27(25,26)15-8-3-2-4-9-15;/h2-4,7-11,20H,5-6,12-13H2,1H3;1H. The summed E-state index contributed by atoms with van der Waals surface area (Å²) in [6, 6.07) is 14.0. The highest BCUT2D eigenvalue weighted by Gasteiger charge is 2.17. The molecule has 0 saturated carbocycles. The molecule has 0 bridgehead atoms. The van der Waals surface area contributed by atoms with Crippen LogP contribution in [-0.4, -0.2) is 28.9 Å². The summed E-state index contributed by atoms with van der Waals surface area (Å²) in [6.07, 6.45) is 1.33. The summed E-state index contributed by atoms with van der Waals surface area (Å²) < 4.78 is 30.6. The molecule has 0 atom stereocenters. The van der Waals surface area contributed by atoms with Crippen LogP contribution in [0.3, 0.4) is 0 Å². The molecular weight excluding hydrogens is 400 g/mol. The predicted molar refractivity (Wildman–Crippen MR) is 111 cm³/mol. The first kappa shape index (κ1) is 20.3. The molecule has 7 nitrogen and oxygen atoms in total. The van der Waals surface area contributed by atoms with E-state index in [9.17, 15) is 13.2 Å². The number of hydrogen-bond acceptors (Lipinski definition) is 4. The lowest BCUT2D eigenvalue weighted by Gasteiger charge is -2.07. The molecule has 3 heterocycles. The van der Waals surface area contributed by atoms with Gasteiger partial charge in [0, 0.05) is 13.1 Å². The number of imidazole rings is 2. The molecule has 0 aliphatic rings. The fourth-order valence-electron chi connectivity index (χ4n) is 3.38. The number of unbranched alkanes of at least 4 members (excludes halogenated alkanes) is 1. The second-order valence-corrected chi connectivity index (χ2v) is 8.27. The molecular formula is C19H21ClN4O3S. The molecule has 0 aliphatic heterocycles. The molecule has 1 N–H and O–H groups in total. The zero-order valence-corrected chi connectivity index (χ0v) is 17.0. The van der Waals surface area contributed by atoms with Crippen LogP contribution in [0.2, 0.25) is 0 Å². The Kier molecular flexibility index (Phi) is 5.74. The van der Waals surface area contributed by atoms with E-state index in [-0.39, 0.29) is 22.9 Å². The Balaban J connectivity index is 0.00000225. The third-order valence-electron chi connectivity index (χ3n) is 4.68. The van der Waals surface area contributed by atoms with E-state index in [1.165, 1.54) is 0 Å². The summed E-state index contributed by atoms with van der Waals surface area (Å²) in [5.74, 6) is 0. The third-order valence-corrected chi connectivity index (χ3v) is 6.15. The Morgan fingerprint density at radius 2 is 1.79 bits per heavy atom. The maximum Gasteiger partial charge on any atom is 0.278 e. The Morgan fingerprint density at radius 3 is 2.54 bits per heavy atom. The van der Waals surface area contributed by atoms with E-state index in [2.05, 4.69) is 9.71 Å². The molecule has 0 spiro atoms. The molecule has 0 unspecified atom stereocenters. The van der Waals surface area contributed by atoms with Gasteiger partial charge in [-0.25, -0.2) is 18.1 Å². The lowest BCUT2D eigenvalue weighted by molar-refractivity contribution is 0.567. The lowest BCUT2D eigenvalue weighted by atomic mass is 10.3. The van der Waals surface area contributed by atoms with Gasteiger partial charge in [0.2, 0.25) is 10.0 Å². The van der Waals surface area contributed by atoms with Gasteiger partial charge in [0.1, 0.15) is 16.8 Å². The van der Waals surface area contributed by atoms with Gasteiger partial charge in [-0.15, -0.1) is 12.4 Å².